The lowest BCUT2D eigenvalue weighted by Crippen LogP contribution is -2.20. The maximum Gasteiger partial charge on any atom is 0.343 e. The van der Waals surface area contributed by atoms with Crippen molar-refractivity contribution in [2.24, 2.45) is 5.10 Å². The van der Waals surface area contributed by atoms with Gasteiger partial charge in [-0.05, 0) is 72.3 Å². The highest BCUT2D eigenvalue weighted by Gasteiger charge is 2.15. The topological polar surface area (TPSA) is 95.9 Å². The first-order chi connectivity index (χ1) is 17.5. The first-order valence-corrected chi connectivity index (χ1v) is 11.2. The number of carbonyl (C=O) groups excluding carboxylic acids is 1. The summed E-state index contributed by atoms with van der Waals surface area (Å²) >= 11 is 5.88. The van der Waals surface area contributed by atoms with E-state index >= 15 is 0 Å². The molecule has 0 aliphatic heterocycles. The van der Waals surface area contributed by atoms with E-state index in [0.29, 0.717) is 38.6 Å². The van der Waals surface area contributed by atoms with Crippen molar-refractivity contribution in [3.63, 3.8) is 0 Å². The molecule has 0 fully saturated rings. The highest BCUT2D eigenvalue weighted by molar-refractivity contribution is 6.30. The molecule has 0 unspecified atom stereocenters. The molecule has 5 rings (SSSR count). The van der Waals surface area contributed by atoms with Gasteiger partial charge in [0.25, 0.3) is 5.56 Å². The van der Waals surface area contributed by atoms with Crippen LogP contribution in [0.5, 0.6) is 11.5 Å². The molecule has 8 nitrogen and oxygen atoms in total. The lowest BCUT2D eigenvalue weighted by molar-refractivity contribution is 0.0729. The number of furan rings is 1. The Kier molecular flexibility index (Phi) is 6.34. The highest BCUT2D eigenvalue weighted by atomic mass is 35.5. The molecule has 0 aliphatic carbocycles. The number of esters is 1. The van der Waals surface area contributed by atoms with Crippen LogP contribution in [0.15, 0.2) is 99.4 Å². The predicted molar refractivity (Wildman–Crippen MR) is 136 cm³/mol. The third kappa shape index (κ3) is 4.62. The Morgan fingerprint density at radius 2 is 1.83 bits per heavy atom. The Morgan fingerprint density at radius 3 is 2.58 bits per heavy atom. The van der Waals surface area contributed by atoms with E-state index in [1.165, 1.54) is 24.3 Å². The van der Waals surface area contributed by atoms with Crippen LogP contribution in [0.1, 0.15) is 15.9 Å². The minimum atomic E-state index is -0.553. The Labute approximate surface area is 210 Å². The van der Waals surface area contributed by atoms with E-state index in [2.05, 4.69) is 10.1 Å². The number of para-hydroxylation sites is 1. The summed E-state index contributed by atoms with van der Waals surface area (Å²) < 4.78 is 17.5. The number of hydrogen-bond acceptors (Lipinski definition) is 7. The first-order valence-electron chi connectivity index (χ1n) is 10.8. The molecule has 2 aromatic heterocycles. The van der Waals surface area contributed by atoms with Crippen molar-refractivity contribution in [3.8, 4) is 23.1 Å². The maximum atomic E-state index is 13.2. The molecule has 0 aliphatic rings. The number of benzene rings is 3. The normalized spacial score (nSPS) is 11.2. The molecule has 0 amide bonds. The van der Waals surface area contributed by atoms with E-state index in [0.717, 1.165) is 0 Å². The van der Waals surface area contributed by atoms with Gasteiger partial charge in [0.1, 0.15) is 0 Å². The molecule has 3 aromatic carbocycles. The molecule has 0 saturated heterocycles. The van der Waals surface area contributed by atoms with Crippen molar-refractivity contribution < 1.29 is 18.7 Å². The van der Waals surface area contributed by atoms with E-state index < -0.39 is 5.97 Å². The van der Waals surface area contributed by atoms with Gasteiger partial charge in [-0.15, -0.1) is 0 Å². The fourth-order valence-corrected chi connectivity index (χ4v) is 3.64. The summed E-state index contributed by atoms with van der Waals surface area (Å²) in [5.41, 5.74) is 1.14. The molecule has 0 bridgehead atoms. The summed E-state index contributed by atoms with van der Waals surface area (Å²) in [5.74, 6) is 0.660. The molecule has 0 spiro atoms. The number of methoxy groups -OCH3 is 1. The highest BCUT2D eigenvalue weighted by Crippen LogP contribution is 2.29. The van der Waals surface area contributed by atoms with Gasteiger partial charge in [-0.2, -0.15) is 9.78 Å². The Morgan fingerprint density at radius 1 is 1.03 bits per heavy atom. The van der Waals surface area contributed by atoms with Gasteiger partial charge in [-0.1, -0.05) is 23.7 Å². The van der Waals surface area contributed by atoms with Crippen LogP contribution in [0.4, 0.5) is 0 Å². The predicted octanol–water partition coefficient (Wildman–Crippen LogP) is 5.42. The first kappa shape index (κ1) is 23.1. The lowest BCUT2D eigenvalue weighted by Gasteiger charge is -2.10. The van der Waals surface area contributed by atoms with Crippen LogP contribution >= 0.6 is 11.6 Å². The summed E-state index contributed by atoms with van der Waals surface area (Å²) in [7, 11) is 1.46. The standard InChI is InChI=1S/C27H18ClN3O5/c1-34-24-15-17(8-13-22(24)36-27(33)18-9-11-19(28)12-10-18)16-29-31-25(23-7-4-14-35-23)30-21-6-3-2-5-20(21)26(31)32/h2-16H,1H3. The van der Waals surface area contributed by atoms with E-state index in [1.54, 1.807) is 72.8 Å². The molecule has 5 aromatic rings. The third-order valence-electron chi connectivity index (χ3n) is 5.29. The van der Waals surface area contributed by atoms with E-state index in [9.17, 15) is 9.59 Å². The molecule has 2 heterocycles. The van der Waals surface area contributed by atoms with Crippen molar-refractivity contribution >= 4 is 34.7 Å². The molecule has 9 heteroatoms. The van der Waals surface area contributed by atoms with Crippen LogP contribution < -0.4 is 15.0 Å². The fourth-order valence-electron chi connectivity index (χ4n) is 3.51. The Hall–Kier alpha value is -4.69. The van der Waals surface area contributed by atoms with Gasteiger partial charge in [-0.3, -0.25) is 4.79 Å². The molecule has 0 N–H and O–H groups in total. The van der Waals surface area contributed by atoms with Gasteiger partial charge < -0.3 is 13.9 Å². The molecule has 0 saturated carbocycles. The summed E-state index contributed by atoms with van der Waals surface area (Å²) in [6, 6.07) is 21.7. The molecule has 0 atom stereocenters. The smallest absolute Gasteiger partial charge is 0.343 e. The number of halogens is 1. The van der Waals surface area contributed by atoms with Crippen molar-refractivity contribution in [1.29, 1.82) is 0 Å². The summed E-state index contributed by atoms with van der Waals surface area (Å²) in [6.45, 7) is 0. The van der Waals surface area contributed by atoms with Gasteiger partial charge in [0.2, 0.25) is 5.82 Å². The molecular weight excluding hydrogens is 482 g/mol. The fraction of sp³-hybridized carbons (Fsp3) is 0.0370. The van der Waals surface area contributed by atoms with Crippen molar-refractivity contribution in [3.05, 3.63) is 112 Å². The summed E-state index contributed by atoms with van der Waals surface area (Å²) in [6.07, 6.45) is 2.98. The number of carbonyl (C=O) groups is 1. The number of aromatic nitrogens is 2. The van der Waals surface area contributed by atoms with Gasteiger partial charge in [-0.25, -0.2) is 9.78 Å². The molecule has 36 heavy (non-hydrogen) atoms. The van der Waals surface area contributed by atoms with Crippen LogP contribution in [0, 0.1) is 0 Å². The SMILES string of the molecule is COc1cc(C=Nn2c(-c3ccco3)nc3ccccc3c2=O)ccc1OC(=O)c1ccc(Cl)cc1. The van der Waals surface area contributed by atoms with Crippen LogP contribution in [0.25, 0.3) is 22.5 Å². The van der Waals surface area contributed by atoms with Gasteiger partial charge >= 0.3 is 5.97 Å². The Bertz CT molecular complexity index is 1640. The second-order valence-corrected chi connectivity index (χ2v) is 8.03. The average Bonchev–Trinajstić information content (AvgIpc) is 3.44. The minimum absolute atomic E-state index is 0.232. The van der Waals surface area contributed by atoms with Crippen LogP contribution in [-0.2, 0) is 0 Å². The number of nitrogens with zero attached hydrogens (tertiary/aromatic N) is 3. The van der Waals surface area contributed by atoms with E-state index in [-0.39, 0.29) is 17.1 Å². The van der Waals surface area contributed by atoms with E-state index in [4.69, 9.17) is 25.5 Å². The van der Waals surface area contributed by atoms with Gasteiger partial charge in [0.05, 0.1) is 36.1 Å². The Balaban J connectivity index is 1.48. The van der Waals surface area contributed by atoms with Crippen LogP contribution in [0.3, 0.4) is 0 Å². The number of ether oxygens (including phenoxy) is 2. The van der Waals surface area contributed by atoms with Crippen LogP contribution in [0.2, 0.25) is 5.02 Å². The second kappa shape index (κ2) is 9.89. The zero-order valence-corrected chi connectivity index (χ0v) is 19.7. The average molecular weight is 500 g/mol. The van der Waals surface area contributed by atoms with Crippen molar-refractivity contribution in [2.45, 2.75) is 0 Å². The summed E-state index contributed by atoms with van der Waals surface area (Å²) in [4.78, 5) is 30.3. The quantitative estimate of drug-likeness (QED) is 0.176. The number of hydrogen-bond donors (Lipinski definition) is 0. The molecule has 0 radical (unpaired) electrons. The van der Waals surface area contributed by atoms with E-state index in [1.807, 2.05) is 6.07 Å². The van der Waals surface area contributed by atoms with Crippen LogP contribution in [-0.4, -0.2) is 29.0 Å². The minimum Gasteiger partial charge on any atom is -0.493 e. The third-order valence-corrected chi connectivity index (χ3v) is 5.54. The van der Waals surface area contributed by atoms with Crippen molar-refractivity contribution in [2.75, 3.05) is 7.11 Å². The monoisotopic (exact) mass is 499 g/mol. The van der Waals surface area contributed by atoms with Crippen molar-refractivity contribution in [1.82, 2.24) is 9.66 Å². The maximum absolute atomic E-state index is 13.2. The molecular formula is C27H18ClN3O5. The summed E-state index contributed by atoms with van der Waals surface area (Å²) in [5, 5.41) is 5.33. The number of rotatable bonds is 6. The zero-order chi connectivity index (χ0) is 25.1. The molecule has 178 valence electrons. The number of fused-ring (bicyclic) bond motifs is 1. The van der Waals surface area contributed by atoms with Gasteiger partial charge in [0, 0.05) is 5.02 Å². The largest absolute Gasteiger partial charge is 0.493 e. The zero-order valence-electron chi connectivity index (χ0n) is 18.9. The van der Waals surface area contributed by atoms with Gasteiger partial charge in [0.15, 0.2) is 17.3 Å². The second-order valence-electron chi connectivity index (χ2n) is 7.60. The lowest BCUT2D eigenvalue weighted by atomic mass is 10.2.